The van der Waals surface area contributed by atoms with E-state index in [9.17, 15) is 4.79 Å². The Morgan fingerprint density at radius 2 is 1.55 bits per heavy atom. The van der Waals surface area contributed by atoms with Gasteiger partial charge in [0.15, 0.2) is 5.79 Å². The van der Waals surface area contributed by atoms with Crippen molar-refractivity contribution in [3.05, 3.63) is 0 Å². The predicted octanol–water partition coefficient (Wildman–Crippen LogP) is 5.34. The van der Waals surface area contributed by atoms with Gasteiger partial charge in [0.1, 0.15) is 6.10 Å². The summed E-state index contributed by atoms with van der Waals surface area (Å²) in [4.78, 5) is 11.5. The van der Waals surface area contributed by atoms with E-state index in [1.807, 2.05) is 0 Å². The van der Waals surface area contributed by atoms with Crippen molar-refractivity contribution in [1.29, 1.82) is 0 Å². The fraction of sp³-hybridized carbons (Fsp3) is 0.960. The number of hydrogen-bond donors (Lipinski definition) is 0. The third kappa shape index (κ3) is 3.03. The largest absolute Gasteiger partial charge is 0.463 e. The molecular weight excluding hydrogens is 364 g/mol. The Hall–Kier alpha value is -0.610. The molecule has 4 nitrogen and oxygen atoms in total. The van der Waals surface area contributed by atoms with Crippen molar-refractivity contribution in [3.63, 3.8) is 0 Å². The lowest BCUT2D eigenvalue weighted by molar-refractivity contribution is -0.219. The van der Waals surface area contributed by atoms with Crippen molar-refractivity contribution in [3.8, 4) is 0 Å². The van der Waals surface area contributed by atoms with Gasteiger partial charge in [0.05, 0.1) is 13.2 Å². The lowest BCUT2D eigenvalue weighted by Crippen LogP contribution is -2.55. The number of fused-ring (bicyclic) bond motifs is 5. The molecule has 0 aromatic rings. The molecule has 5 aliphatic rings. The van der Waals surface area contributed by atoms with Crippen LogP contribution >= 0.6 is 0 Å². The molecule has 0 radical (unpaired) electrons. The quantitative estimate of drug-likeness (QED) is 0.583. The molecule has 5 fully saturated rings. The SMILES string of the molecule is CC(=O)O[C@@H]1CC[C@@]2(C)[C@H](CC[C@@H]3[C@@H]2CC[C@]2(C)[C@@H](C4(C)OCCO4)CC[C@@H]32)C1. The van der Waals surface area contributed by atoms with Gasteiger partial charge in [-0.2, -0.15) is 0 Å². The van der Waals surface area contributed by atoms with E-state index in [-0.39, 0.29) is 17.9 Å². The lowest BCUT2D eigenvalue weighted by atomic mass is 9.44. The highest BCUT2D eigenvalue weighted by atomic mass is 16.7. The number of carbonyl (C=O) groups is 1. The fourth-order valence-electron chi connectivity index (χ4n) is 9.15. The standard InChI is InChI=1S/C25H40O4/c1-16(26)29-18-9-11-23(2)17(15-18)5-6-19-20-7-8-22(25(4)27-13-14-28-25)24(20,3)12-10-21(19)23/h17-22H,5-15H2,1-4H3/t17-,18-,19+,20+,21+,22+,23+,24+/m1/s1. The van der Waals surface area contributed by atoms with Crippen LogP contribution in [0.4, 0.5) is 0 Å². The zero-order chi connectivity index (χ0) is 20.4. The molecule has 5 rings (SSSR count). The average molecular weight is 405 g/mol. The van der Waals surface area contributed by atoms with E-state index in [1.165, 1.54) is 44.9 Å². The first kappa shape index (κ1) is 20.3. The van der Waals surface area contributed by atoms with Gasteiger partial charge in [-0.3, -0.25) is 4.79 Å². The number of ether oxygens (including phenoxy) is 3. The molecule has 1 heterocycles. The monoisotopic (exact) mass is 404 g/mol. The van der Waals surface area contributed by atoms with Crippen molar-refractivity contribution in [2.75, 3.05) is 13.2 Å². The summed E-state index contributed by atoms with van der Waals surface area (Å²) in [5, 5.41) is 0. The first-order valence-electron chi connectivity index (χ1n) is 12.2. The van der Waals surface area contributed by atoms with Gasteiger partial charge in [-0.05, 0) is 99.2 Å². The van der Waals surface area contributed by atoms with E-state index in [0.717, 1.165) is 49.7 Å². The third-order valence-electron chi connectivity index (χ3n) is 10.4. The second-order valence-corrected chi connectivity index (χ2v) is 11.6. The van der Waals surface area contributed by atoms with Gasteiger partial charge < -0.3 is 14.2 Å². The molecule has 164 valence electrons. The highest BCUT2D eigenvalue weighted by molar-refractivity contribution is 5.66. The van der Waals surface area contributed by atoms with Crippen LogP contribution in [0.25, 0.3) is 0 Å². The molecule has 4 aliphatic carbocycles. The van der Waals surface area contributed by atoms with Crippen LogP contribution in [0.5, 0.6) is 0 Å². The van der Waals surface area contributed by atoms with Crippen LogP contribution in [-0.2, 0) is 19.0 Å². The summed E-state index contributed by atoms with van der Waals surface area (Å²) in [6.45, 7) is 10.4. The Morgan fingerprint density at radius 1 is 0.862 bits per heavy atom. The maximum atomic E-state index is 11.5. The maximum Gasteiger partial charge on any atom is 0.302 e. The van der Waals surface area contributed by atoms with Gasteiger partial charge in [0.2, 0.25) is 0 Å². The molecule has 0 N–H and O–H groups in total. The van der Waals surface area contributed by atoms with Gasteiger partial charge in [0, 0.05) is 12.8 Å². The summed E-state index contributed by atoms with van der Waals surface area (Å²) in [5.74, 6) is 3.31. The van der Waals surface area contributed by atoms with Crippen LogP contribution in [0.15, 0.2) is 0 Å². The second kappa shape index (κ2) is 6.95. The summed E-state index contributed by atoms with van der Waals surface area (Å²) in [5.41, 5.74) is 0.793. The van der Waals surface area contributed by atoms with Crippen molar-refractivity contribution < 1.29 is 19.0 Å². The van der Waals surface area contributed by atoms with Gasteiger partial charge in [0.25, 0.3) is 0 Å². The van der Waals surface area contributed by atoms with Crippen LogP contribution in [0.1, 0.15) is 85.5 Å². The van der Waals surface area contributed by atoms with Crippen LogP contribution in [0.3, 0.4) is 0 Å². The van der Waals surface area contributed by atoms with Crippen molar-refractivity contribution in [1.82, 2.24) is 0 Å². The van der Waals surface area contributed by atoms with Gasteiger partial charge >= 0.3 is 5.97 Å². The van der Waals surface area contributed by atoms with Crippen LogP contribution in [-0.4, -0.2) is 31.1 Å². The molecule has 29 heavy (non-hydrogen) atoms. The number of hydrogen-bond acceptors (Lipinski definition) is 4. The minimum atomic E-state index is -0.362. The average Bonchev–Trinajstić information content (AvgIpc) is 3.25. The summed E-state index contributed by atoms with van der Waals surface area (Å²) < 4.78 is 17.9. The minimum absolute atomic E-state index is 0.109. The van der Waals surface area contributed by atoms with Crippen molar-refractivity contribution in [2.45, 2.75) is 97.4 Å². The Bertz CT molecular complexity index is 655. The molecule has 4 saturated carbocycles. The Kier molecular flexibility index (Phi) is 4.87. The van der Waals surface area contributed by atoms with Crippen LogP contribution in [0.2, 0.25) is 0 Å². The summed E-state index contributed by atoms with van der Waals surface area (Å²) in [7, 11) is 0. The van der Waals surface area contributed by atoms with Crippen molar-refractivity contribution >= 4 is 5.97 Å². The van der Waals surface area contributed by atoms with Gasteiger partial charge in [-0.25, -0.2) is 0 Å². The molecule has 4 heteroatoms. The smallest absolute Gasteiger partial charge is 0.302 e. The van der Waals surface area contributed by atoms with E-state index < -0.39 is 0 Å². The Morgan fingerprint density at radius 3 is 2.28 bits per heavy atom. The fourth-order valence-corrected chi connectivity index (χ4v) is 9.15. The molecule has 0 spiro atoms. The summed E-state index contributed by atoms with van der Waals surface area (Å²) in [6.07, 6.45) is 11.5. The molecule has 0 amide bonds. The molecule has 1 aliphatic heterocycles. The van der Waals surface area contributed by atoms with Crippen molar-refractivity contribution in [2.24, 2.45) is 40.4 Å². The third-order valence-corrected chi connectivity index (χ3v) is 10.4. The Labute approximate surface area is 176 Å². The predicted molar refractivity (Wildman–Crippen MR) is 111 cm³/mol. The number of rotatable bonds is 2. The Balaban J connectivity index is 1.35. The molecule has 0 aromatic heterocycles. The molecular formula is C25H40O4. The summed E-state index contributed by atoms with van der Waals surface area (Å²) >= 11 is 0. The van der Waals surface area contributed by atoms with Gasteiger partial charge in [-0.1, -0.05) is 13.8 Å². The zero-order valence-corrected chi connectivity index (χ0v) is 18.9. The van der Waals surface area contributed by atoms with Gasteiger partial charge in [-0.15, -0.1) is 0 Å². The number of carbonyl (C=O) groups excluding carboxylic acids is 1. The zero-order valence-electron chi connectivity index (χ0n) is 18.9. The minimum Gasteiger partial charge on any atom is -0.463 e. The van der Waals surface area contributed by atoms with E-state index in [0.29, 0.717) is 16.7 Å². The van der Waals surface area contributed by atoms with E-state index in [4.69, 9.17) is 14.2 Å². The van der Waals surface area contributed by atoms with E-state index >= 15 is 0 Å². The highest BCUT2D eigenvalue weighted by Gasteiger charge is 2.63. The molecule has 0 aromatic carbocycles. The first-order valence-corrected chi connectivity index (χ1v) is 12.2. The molecule has 0 bridgehead atoms. The second-order valence-electron chi connectivity index (χ2n) is 11.6. The topological polar surface area (TPSA) is 44.8 Å². The molecule has 8 atom stereocenters. The van der Waals surface area contributed by atoms with E-state index in [1.54, 1.807) is 6.92 Å². The lowest BCUT2D eigenvalue weighted by Gasteiger charge is -2.61. The molecule has 0 unspecified atom stereocenters. The molecule has 1 saturated heterocycles. The number of esters is 1. The highest BCUT2D eigenvalue weighted by Crippen LogP contribution is 2.69. The van der Waals surface area contributed by atoms with E-state index in [2.05, 4.69) is 20.8 Å². The first-order chi connectivity index (χ1) is 13.8. The van der Waals surface area contributed by atoms with Crippen LogP contribution in [0, 0.1) is 40.4 Å². The normalized spacial score (nSPS) is 51.0. The maximum absolute atomic E-state index is 11.5. The van der Waals surface area contributed by atoms with Crippen LogP contribution < -0.4 is 0 Å². The summed E-state index contributed by atoms with van der Waals surface area (Å²) in [6, 6.07) is 0.